The summed E-state index contributed by atoms with van der Waals surface area (Å²) in [6, 6.07) is 15.3. The van der Waals surface area contributed by atoms with Gasteiger partial charge in [-0.3, -0.25) is 4.79 Å². The van der Waals surface area contributed by atoms with Crippen molar-refractivity contribution in [3.05, 3.63) is 48.5 Å². The van der Waals surface area contributed by atoms with Crippen molar-refractivity contribution in [3.63, 3.8) is 0 Å². The van der Waals surface area contributed by atoms with Crippen molar-refractivity contribution >= 4 is 17.6 Å². The monoisotopic (exact) mass is 422 g/mol. The van der Waals surface area contributed by atoms with E-state index in [1.807, 2.05) is 60.4 Å². The van der Waals surface area contributed by atoms with E-state index < -0.39 is 0 Å². The largest absolute Gasteiger partial charge is 0.497 e. The molecule has 1 atom stereocenters. The molecule has 0 aliphatic carbocycles. The molecule has 3 aromatic rings. The van der Waals surface area contributed by atoms with Gasteiger partial charge >= 0.3 is 6.01 Å². The molecule has 162 valence electrons. The zero-order valence-corrected chi connectivity index (χ0v) is 17.7. The van der Waals surface area contributed by atoms with Crippen molar-refractivity contribution in [2.75, 3.05) is 37.0 Å². The van der Waals surface area contributed by atoms with Gasteiger partial charge in [0, 0.05) is 24.3 Å². The molecule has 1 N–H and O–H groups in total. The van der Waals surface area contributed by atoms with Crippen LogP contribution >= 0.6 is 0 Å². The first-order valence-corrected chi connectivity index (χ1v) is 10.4. The molecule has 1 fully saturated rings. The van der Waals surface area contributed by atoms with E-state index in [1.54, 1.807) is 7.11 Å². The van der Waals surface area contributed by atoms with Crippen LogP contribution in [0, 0.1) is 5.92 Å². The van der Waals surface area contributed by atoms with E-state index in [0.717, 1.165) is 42.1 Å². The third-order valence-electron chi connectivity index (χ3n) is 5.26. The molecule has 0 saturated carbocycles. The second-order valence-electron chi connectivity index (χ2n) is 7.36. The summed E-state index contributed by atoms with van der Waals surface area (Å²) >= 11 is 0. The molecule has 2 heterocycles. The van der Waals surface area contributed by atoms with Crippen LogP contribution in [0.4, 0.5) is 11.7 Å². The summed E-state index contributed by atoms with van der Waals surface area (Å²) < 4.78 is 16.1. The van der Waals surface area contributed by atoms with Gasteiger partial charge in [-0.25, -0.2) is 0 Å². The summed E-state index contributed by atoms with van der Waals surface area (Å²) in [6.45, 7) is 3.86. The average Bonchev–Trinajstić information content (AvgIpc) is 3.31. The highest BCUT2D eigenvalue weighted by molar-refractivity contribution is 5.93. The second-order valence-corrected chi connectivity index (χ2v) is 7.36. The molecule has 8 heteroatoms. The number of carbonyl (C=O) groups excluding carboxylic acids is 1. The van der Waals surface area contributed by atoms with Gasteiger partial charge in [-0.1, -0.05) is 5.16 Å². The molecule has 1 aromatic heterocycles. The highest BCUT2D eigenvalue weighted by Gasteiger charge is 2.28. The summed E-state index contributed by atoms with van der Waals surface area (Å²) in [5.41, 5.74) is 1.60. The number of methoxy groups -OCH3 is 1. The number of nitrogens with zero attached hydrogens (tertiary/aromatic N) is 3. The summed E-state index contributed by atoms with van der Waals surface area (Å²) in [5, 5.41) is 7.09. The Morgan fingerprint density at radius 1 is 1.16 bits per heavy atom. The lowest BCUT2D eigenvalue weighted by atomic mass is 9.97. The van der Waals surface area contributed by atoms with Crippen LogP contribution in [0.15, 0.2) is 53.1 Å². The standard InChI is InChI=1S/C23H26N4O4/c1-3-30-20-12-8-18(9-13-20)24-22(28)17-5-4-14-27(15-17)23-25-21(26-31-23)16-6-10-19(29-2)11-7-16/h6-13,17H,3-5,14-15H2,1-2H3,(H,24,28)/t17-/m0/s1. The molecular weight excluding hydrogens is 396 g/mol. The number of hydrogen-bond donors (Lipinski definition) is 1. The molecule has 31 heavy (non-hydrogen) atoms. The van der Waals surface area contributed by atoms with Gasteiger partial charge < -0.3 is 24.2 Å². The molecule has 8 nitrogen and oxygen atoms in total. The number of benzene rings is 2. The minimum absolute atomic E-state index is 0.0104. The molecule has 1 aliphatic rings. The first-order valence-electron chi connectivity index (χ1n) is 10.4. The van der Waals surface area contributed by atoms with Crippen LogP contribution in [0.5, 0.6) is 11.5 Å². The predicted octanol–water partition coefficient (Wildman–Crippen LogP) is 4.00. The topological polar surface area (TPSA) is 89.7 Å². The van der Waals surface area contributed by atoms with E-state index in [-0.39, 0.29) is 11.8 Å². The normalized spacial score (nSPS) is 16.1. The van der Waals surface area contributed by atoms with Crippen LogP contribution < -0.4 is 19.7 Å². The highest BCUT2D eigenvalue weighted by Crippen LogP contribution is 2.26. The fourth-order valence-electron chi connectivity index (χ4n) is 3.61. The number of anilines is 2. The maximum Gasteiger partial charge on any atom is 0.324 e. The molecule has 4 rings (SSSR count). The van der Waals surface area contributed by atoms with Crippen molar-refractivity contribution in [2.45, 2.75) is 19.8 Å². The van der Waals surface area contributed by atoms with Gasteiger partial charge in [-0.2, -0.15) is 4.98 Å². The molecule has 1 saturated heterocycles. The number of amides is 1. The summed E-state index contributed by atoms with van der Waals surface area (Å²) in [6.07, 6.45) is 1.69. The SMILES string of the molecule is CCOc1ccc(NC(=O)[C@H]2CCCN(c3nc(-c4ccc(OC)cc4)no3)C2)cc1. The number of rotatable bonds is 7. The van der Waals surface area contributed by atoms with E-state index >= 15 is 0 Å². The third kappa shape index (κ3) is 4.96. The van der Waals surface area contributed by atoms with E-state index in [1.165, 1.54) is 0 Å². The Balaban J connectivity index is 1.38. The molecule has 1 amide bonds. The van der Waals surface area contributed by atoms with Crippen LogP contribution in [-0.2, 0) is 4.79 Å². The van der Waals surface area contributed by atoms with Gasteiger partial charge in [0.1, 0.15) is 11.5 Å². The van der Waals surface area contributed by atoms with E-state index in [9.17, 15) is 4.79 Å². The number of ether oxygens (including phenoxy) is 2. The quantitative estimate of drug-likeness (QED) is 0.615. The van der Waals surface area contributed by atoms with Crippen LogP contribution in [-0.4, -0.2) is 42.9 Å². The van der Waals surface area contributed by atoms with Crippen molar-refractivity contribution in [2.24, 2.45) is 5.92 Å². The van der Waals surface area contributed by atoms with E-state index in [2.05, 4.69) is 15.5 Å². The predicted molar refractivity (Wildman–Crippen MR) is 117 cm³/mol. The molecule has 1 aliphatic heterocycles. The van der Waals surface area contributed by atoms with Crippen LogP contribution in [0.3, 0.4) is 0 Å². The number of aromatic nitrogens is 2. The lowest BCUT2D eigenvalue weighted by Crippen LogP contribution is -2.41. The van der Waals surface area contributed by atoms with Gasteiger partial charge in [0.05, 0.1) is 19.6 Å². The Hall–Kier alpha value is -3.55. The third-order valence-corrected chi connectivity index (χ3v) is 5.26. The van der Waals surface area contributed by atoms with Gasteiger partial charge in [0.2, 0.25) is 11.7 Å². The molecule has 0 radical (unpaired) electrons. The Labute approximate surface area is 181 Å². The number of carbonyl (C=O) groups is 1. The number of nitrogens with one attached hydrogen (secondary N) is 1. The van der Waals surface area contributed by atoms with Crippen molar-refractivity contribution in [3.8, 4) is 22.9 Å². The number of hydrogen-bond acceptors (Lipinski definition) is 7. The van der Waals surface area contributed by atoms with Gasteiger partial charge in [-0.05, 0) is 68.3 Å². The van der Waals surface area contributed by atoms with E-state index in [0.29, 0.717) is 25.0 Å². The minimum atomic E-state index is -0.156. The number of piperidine rings is 1. The Bertz CT molecular complexity index is 1000. The highest BCUT2D eigenvalue weighted by atomic mass is 16.5. The van der Waals surface area contributed by atoms with Crippen LogP contribution in [0.2, 0.25) is 0 Å². The second kappa shape index (κ2) is 9.51. The van der Waals surface area contributed by atoms with Crippen molar-refractivity contribution < 1.29 is 18.8 Å². The van der Waals surface area contributed by atoms with Crippen molar-refractivity contribution in [1.29, 1.82) is 0 Å². The fraction of sp³-hybridized carbons (Fsp3) is 0.348. The summed E-state index contributed by atoms with van der Waals surface area (Å²) in [7, 11) is 1.63. The first kappa shape index (κ1) is 20.7. The van der Waals surface area contributed by atoms with Crippen LogP contribution in [0.25, 0.3) is 11.4 Å². The Morgan fingerprint density at radius 3 is 2.61 bits per heavy atom. The minimum Gasteiger partial charge on any atom is -0.497 e. The van der Waals surface area contributed by atoms with E-state index in [4.69, 9.17) is 14.0 Å². The summed E-state index contributed by atoms with van der Waals surface area (Å²) in [4.78, 5) is 19.3. The lowest BCUT2D eigenvalue weighted by molar-refractivity contribution is -0.120. The molecular formula is C23H26N4O4. The molecule has 0 bridgehead atoms. The molecule has 2 aromatic carbocycles. The smallest absolute Gasteiger partial charge is 0.324 e. The Kier molecular flexibility index (Phi) is 6.35. The fourth-order valence-corrected chi connectivity index (χ4v) is 3.61. The Morgan fingerprint density at radius 2 is 1.90 bits per heavy atom. The average molecular weight is 422 g/mol. The van der Waals surface area contributed by atoms with Crippen molar-refractivity contribution in [1.82, 2.24) is 10.1 Å². The zero-order valence-electron chi connectivity index (χ0n) is 17.7. The molecule has 0 spiro atoms. The summed E-state index contributed by atoms with van der Waals surface area (Å²) in [5.74, 6) is 1.90. The van der Waals surface area contributed by atoms with Gasteiger partial charge in [0.25, 0.3) is 0 Å². The molecule has 0 unspecified atom stereocenters. The van der Waals surface area contributed by atoms with Crippen LogP contribution in [0.1, 0.15) is 19.8 Å². The first-order chi connectivity index (χ1) is 15.2. The zero-order chi connectivity index (χ0) is 21.6. The van der Waals surface area contributed by atoms with Gasteiger partial charge in [0.15, 0.2) is 0 Å². The van der Waals surface area contributed by atoms with Gasteiger partial charge in [-0.15, -0.1) is 0 Å². The maximum atomic E-state index is 12.8. The lowest BCUT2D eigenvalue weighted by Gasteiger charge is -2.30. The maximum absolute atomic E-state index is 12.8.